The molecule has 0 amide bonds. The third kappa shape index (κ3) is 10.6. The van der Waals surface area contributed by atoms with Crippen molar-refractivity contribution in [3.8, 4) is 31.3 Å². The Labute approximate surface area is 526 Å². The molecule has 0 aliphatic carbocycles. The molecule has 0 spiro atoms. The van der Waals surface area contributed by atoms with Gasteiger partial charge in [0.1, 0.15) is 0 Å². The zero-order chi connectivity index (χ0) is 59.1. The van der Waals surface area contributed by atoms with Crippen LogP contribution in [0.4, 0.5) is 68.2 Å². The van der Waals surface area contributed by atoms with Crippen molar-refractivity contribution in [1.29, 1.82) is 0 Å². The quantitative estimate of drug-likeness (QED) is 0.101. The van der Waals surface area contributed by atoms with Gasteiger partial charge < -0.3 is 19.6 Å². The predicted octanol–water partition coefficient (Wildman–Crippen LogP) is 25.1. The maximum Gasteiger partial charge on any atom is 0.0540 e. The standard InChI is InChI=1S/C81H60N4S3/c1-55-25-52-79(86-55)61-28-34-67(35-29-61)83(76-22-10-16-58-13-4-7-19-73(58)76)70-46-40-64(41-47-70)82(65-42-48-71(49-43-65)84(77-23-11-17-59-14-5-8-20-74(59)77)68-36-30-62(31-37-68)80-53-26-56(2)87-80)66-44-50-72(51-45-66)85(78-24-12-18-60-15-6-9-21-75(60)78)69-38-32-63(33-39-69)81-54-27-57(3)88-81/h4-54H,1-3H3. The van der Waals surface area contributed by atoms with Crippen LogP contribution < -0.4 is 19.6 Å². The van der Waals surface area contributed by atoms with Gasteiger partial charge in [-0.1, -0.05) is 146 Å². The summed E-state index contributed by atoms with van der Waals surface area (Å²) in [4.78, 5) is 17.3. The van der Waals surface area contributed by atoms with Crippen molar-refractivity contribution in [3.63, 3.8) is 0 Å². The molecule has 15 aromatic rings. The first-order chi connectivity index (χ1) is 43.3. The van der Waals surface area contributed by atoms with E-state index in [0.717, 1.165) is 68.2 Å². The predicted molar refractivity (Wildman–Crippen MR) is 382 cm³/mol. The molecule has 4 nitrogen and oxygen atoms in total. The van der Waals surface area contributed by atoms with Gasteiger partial charge in [0.15, 0.2) is 0 Å². The van der Waals surface area contributed by atoms with Gasteiger partial charge in [-0.3, -0.25) is 0 Å². The van der Waals surface area contributed by atoms with Crippen LogP contribution in [0, 0.1) is 20.8 Å². The van der Waals surface area contributed by atoms with E-state index in [0.29, 0.717) is 0 Å². The first-order valence-corrected chi connectivity index (χ1v) is 32.2. The number of hydrogen-bond acceptors (Lipinski definition) is 7. The van der Waals surface area contributed by atoms with Crippen molar-refractivity contribution in [2.45, 2.75) is 20.8 Å². The van der Waals surface area contributed by atoms with E-state index in [1.807, 2.05) is 34.0 Å². The molecule has 12 aromatic carbocycles. The Kier molecular flexibility index (Phi) is 14.5. The van der Waals surface area contributed by atoms with Gasteiger partial charge in [0, 0.05) is 96.6 Å². The molecular weight excluding hydrogens is 1130 g/mol. The average molecular weight is 1190 g/mol. The second-order valence-corrected chi connectivity index (χ2v) is 26.1. The molecule has 7 heteroatoms. The van der Waals surface area contributed by atoms with E-state index in [2.05, 4.69) is 350 Å². The molecule has 0 fully saturated rings. The van der Waals surface area contributed by atoms with Crippen LogP contribution >= 0.6 is 34.0 Å². The van der Waals surface area contributed by atoms with Crippen molar-refractivity contribution in [3.05, 3.63) is 324 Å². The van der Waals surface area contributed by atoms with Crippen LogP contribution in [-0.2, 0) is 0 Å². The minimum atomic E-state index is 1.03. The SMILES string of the molecule is Cc1ccc(-c2ccc(N(c3ccc(N(c4ccc(N(c5ccc(-c6ccc(C)s6)cc5)c5cccc6ccccc56)cc4)c4ccc(N(c5ccc(-c6ccc(C)s6)cc5)c5cccc6ccccc56)cc4)cc3)c3cccc4ccccc34)cc2)s1. The number of rotatable bonds is 15. The number of hydrogen-bond donors (Lipinski definition) is 0. The molecule has 422 valence electrons. The van der Waals surface area contributed by atoms with Crippen LogP contribution in [0.15, 0.2) is 309 Å². The molecule has 0 atom stereocenters. The minimum Gasteiger partial charge on any atom is -0.310 e. The number of anilines is 12. The summed E-state index contributed by atoms with van der Waals surface area (Å²) in [6.45, 7) is 6.51. The Morgan fingerprint density at radius 2 is 0.409 bits per heavy atom. The fourth-order valence-electron chi connectivity index (χ4n) is 12.3. The molecule has 3 heterocycles. The minimum absolute atomic E-state index is 1.03. The van der Waals surface area contributed by atoms with Crippen LogP contribution in [0.1, 0.15) is 14.6 Å². The zero-order valence-electron chi connectivity index (χ0n) is 49.0. The topological polar surface area (TPSA) is 13.0 Å². The van der Waals surface area contributed by atoms with Gasteiger partial charge in [-0.15, -0.1) is 34.0 Å². The van der Waals surface area contributed by atoms with Crippen molar-refractivity contribution in [2.24, 2.45) is 0 Å². The van der Waals surface area contributed by atoms with Gasteiger partial charge in [0.2, 0.25) is 0 Å². The smallest absolute Gasteiger partial charge is 0.0540 e. The molecule has 0 radical (unpaired) electrons. The van der Waals surface area contributed by atoms with Crippen LogP contribution in [0.25, 0.3) is 63.6 Å². The van der Waals surface area contributed by atoms with Crippen LogP contribution in [0.2, 0.25) is 0 Å². The summed E-state index contributed by atoms with van der Waals surface area (Å²) in [5.74, 6) is 0. The lowest BCUT2D eigenvalue weighted by Gasteiger charge is -2.31. The summed E-state index contributed by atoms with van der Waals surface area (Å²) in [5, 5.41) is 7.14. The molecule has 15 rings (SSSR count). The van der Waals surface area contributed by atoms with Crippen molar-refractivity contribution in [1.82, 2.24) is 0 Å². The number of thiophene rings is 3. The van der Waals surface area contributed by atoms with Gasteiger partial charge in [0.25, 0.3) is 0 Å². The number of benzene rings is 12. The molecule has 0 bridgehead atoms. The fraction of sp³-hybridized carbons (Fsp3) is 0.0370. The third-order valence-electron chi connectivity index (χ3n) is 16.6. The molecule has 0 aliphatic heterocycles. The summed E-state index contributed by atoms with van der Waals surface area (Å²) in [6, 6.07) is 114. The Balaban J connectivity index is 0.857. The average Bonchev–Trinajstić information content (AvgIpc) is 1.44. The Bertz CT molecular complexity index is 4430. The molecule has 0 saturated carbocycles. The number of aryl methyl sites for hydroxylation is 3. The van der Waals surface area contributed by atoms with E-state index in [-0.39, 0.29) is 0 Å². The molecule has 0 saturated heterocycles. The summed E-state index contributed by atoms with van der Waals surface area (Å²) < 4.78 is 0. The Morgan fingerprint density at radius 1 is 0.193 bits per heavy atom. The van der Waals surface area contributed by atoms with E-state index in [9.17, 15) is 0 Å². The van der Waals surface area contributed by atoms with Crippen LogP contribution in [0.3, 0.4) is 0 Å². The van der Waals surface area contributed by atoms with E-state index in [1.54, 1.807) is 0 Å². The molecule has 0 N–H and O–H groups in total. The van der Waals surface area contributed by atoms with Crippen molar-refractivity contribution >= 4 is 135 Å². The highest BCUT2D eigenvalue weighted by molar-refractivity contribution is 7.16. The van der Waals surface area contributed by atoms with E-state index >= 15 is 0 Å². The second-order valence-electron chi connectivity index (χ2n) is 22.3. The second kappa shape index (κ2) is 23.5. The Hall–Kier alpha value is -10.3. The first-order valence-electron chi connectivity index (χ1n) is 29.8. The van der Waals surface area contributed by atoms with E-state index < -0.39 is 0 Å². The molecule has 3 aromatic heterocycles. The largest absolute Gasteiger partial charge is 0.310 e. The molecule has 0 aliphatic rings. The summed E-state index contributed by atoms with van der Waals surface area (Å²) in [6.07, 6.45) is 0. The van der Waals surface area contributed by atoms with Gasteiger partial charge >= 0.3 is 0 Å². The highest BCUT2D eigenvalue weighted by Crippen LogP contribution is 2.47. The zero-order valence-corrected chi connectivity index (χ0v) is 51.4. The summed E-state index contributed by atoms with van der Waals surface area (Å²) >= 11 is 5.49. The van der Waals surface area contributed by atoms with E-state index in [1.165, 1.54) is 78.3 Å². The lowest BCUT2D eigenvalue weighted by molar-refractivity contribution is 1.24. The monoisotopic (exact) mass is 1180 g/mol. The Morgan fingerprint density at radius 3 is 0.648 bits per heavy atom. The van der Waals surface area contributed by atoms with Gasteiger partial charge in [-0.05, 0) is 217 Å². The van der Waals surface area contributed by atoms with Gasteiger partial charge in [-0.25, -0.2) is 0 Å². The highest BCUT2D eigenvalue weighted by Gasteiger charge is 2.23. The summed E-state index contributed by atoms with van der Waals surface area (Å²) in [5.41, 5.74) is 16.5. The van der Waals surface area contributed by atoms with E-state index in [4.69, 9.17) is 0 Å². The highest BCUT2D eigenvalue weighted by atomic mass is 32.1. The summed E-state index contributed by atoms with van der Waals surface area (Å²) in [7, 11) is 0. The molecule has 0 unspecified atom stereocenters. The van der Waals surface area contributed by atoms with Crippen molar-refractivity contribution in [2.75, 3.05) is 19.6 Å². The third-order valence-corrected chi connectivity index (χ3v) is 19.7. The number of nitrogens with zero attached hydrogens (tertiary/aromatic N) is 4. The normalized spacial score (nSPS) is 11.4. The maximum absolute atomic E-state index is 2.40. The first kappa shape index (κ1) is 54.4. The molecule has 88 heavy (non-hydrogen) atoms. The van der Waals surface area contributed by atoms with Gasteiger partial charge in [0.05, 0.1) is 17.1 Å². The lowest BCUT2D eigenvalue weighted by Crippen LogP contribution is -2.14. The van der Waals surface area contributed by atoms with Crippen LogP contribution in [0.5, 0.6) is 0 Å². The van der Waals surface area contributed by atoms with Gasteiger partial charge in [-0.2, -0.15) is 0 Å². The number of fused-ring (bicyclic) bond motifs is 3. The molecular formula is C81H60N4S3. The van der Waals surface area contributed by atoms with Crippen molar-refractivity contribution < 1.29 is 0 Å². The maximum atomic E-state index is 2.40. The fourth-order valence-corrected chi connectivity index (χ4v) is 14.9. The van der Waals surface area contributed by atoms with Crippen LogP contribution in [-0.4, -0.2) is 0 Å². The lowest BCUT2D eigenvalue weighted by atomic mass is 10.0.